The van der Waals surface area contributed by atoms with Crippen molar-refractivity contribution in [3.63, 3.8) is 0 Å². The number of pyridine rings is 1. The van der Waals surface area contributed by atoms with Crippen molar-refractivity contribution >= 4 is 38.2 Å². The highest BCUT2D eigenvalue weighted by molar-refractivity contribution is 9.10. The summed E-state index contributed by atoms with van der Waals surface area (Å²) in [5.41, 5.74) is 8.69. The number of unbranched alkanes of at least 4 members (excludes halogenated alkanes) is 1. The average molecular weight is 352 g/mol. The summed E-state index contributed by atoms with van der Waals surface area (Å²) >= 11 is 3.43. The number of halogens is 1. The molecule has 0 unspecified atom stereocenters. The van der Waals surface area contributed by atoms with Crippen molar-refractivity contribution in [2.75, 3.05) is 24.2 Å². The lowest BCUT2D eigenvalue weighted by atomic mass is 10.1. The highest BCUT2D eigenvalue weighted by Gasteiger charge is 2.06. The Morgan fingerprint density at radius 2 is 2.14 bits per heavy atom. The van der Waals surface area contributed by atoms with Gasteiger partial charge in [-0.3, -0.25) is 4.98 Å². The molecular formula is C16H22BrN3O. The van der Waals surface area contributed by atoms with E-state index >= 15 is 0 Å². The van der Waals surface area contributed by atoms with Crippen LogP contribution in [0.15, 0.2) is 28.9 Å². The molecule has 0 aliphatic carbocycles. The maximum absolute atomic E-state index is 6.01. The van der Waals surface area contributed by atoms with Gasteiger partial charge < -0.3 is 15.8 Å². The number of nitrogens with zero attached hydrogens (tertiary/aromatic N) is 1. The highest BCUT2D eigenvalue weighted by Crippen LogP contribution is 2.28. The Labute approximate surface area is 134 Å². The van der Waals surface area contributed by atoms with Gasteiger partial charge in [0, 0.05) is 34.9 Å². The smallest absolute Gasteiger partial charge is 0.0954 e. The number of ether oxygens (including phenoxy) is 1. The van der Waals surface area contributed by atoms with Crippen LogP contribution in [0.1, 0.15) is 26.7 Å². The van der Waals surface area contributed by atoms with E-state index in [1.165, 1.54) is 0 Å². The maximum atomic E-state index is 6.01. The highest BCUT2D eigenvalue weighted by atomic mass is 79.9. The van der Waals surface area contributed by atoms with E-state index in [1.807, 2.05) is 18.2 Å². The molecule has 5 heteroatoms. The first kappa shape index (κ1) is 16.0. The standard InChI is InChI=1S/C16H22BrN3O/c1-11(2)21-8-4-3-7-19-15-6-5-14(18)13-9-12(17)10-20-16(13)15/h5-6,9-11,19H,3-4,7-8,18H2,1-2H3. The van der Waals surface area contributed by atoms with Crippen LogP contribution in [0.5, 0.6) is 0 Å². The van der Waals surface area contributed by atoms with Gasteiger partial charge in [-0.1, -0.05) is 0 Å². The van der Waals surface area contributed by atoms with Gasteiger partial charge in [-0.15, -0.1) is 0 Å². The molecule has 2 aromatic rings. The fraction of sp³-hybridized carbons (Fsp3) is 0.438. The van der Waals surface area contributed by atoms with Crippen molar-refractivity contribution in [2.24, 2.45) is 0 Å². The zero-order valence-electron chi connectivity index (χ0n) is 12.5. The molecule has 21 heavy (non-hydrogen) atoms. The normalized spacial score (nSPS) is 11.2. The lowest BCUT2D eigenvalue weighted by Gasteiger charge is -2.11. The van der Waals surface area contributed by atoms with E-state index < -0.39 is 0 Å². The molecule has 0 saturated carbocycles. The van der Waals surface area contributed by atoms with Gasteiger partial charge in [0.1, 0.15) is 0 Å². The molecule has 0 bridgehead atoms. The minimum Gasteiger partial charge on any atom is -0.398 e. The van der Waals surface area contributed by atoms with Crippen molar-refractivity contribution < 1.29 is 4.74 Å². The lowest BCUT2D eigenvalue weighted by molar-refractivity contribution is 0.0765. The van der Waals surface area contributed by atoms with Crippen molar-refractivity contribution in [3.05, 3.63) is 28.9 Å². The third kappa shape index (κ3) is 4.58. The van der Waals surface area contributed by atoms with Gasteiger partial charge in [0.25, 0.3) is 0 Å². The topological polar surface area (TPSA) is 60.2 Å². The van der Waals surface area contributed by atoms with Gasteiger partial charge in [-0.05, 0) is 60.8 Å². The van der Waals surface area contributed by atoms with Crippen LogP contribution >= 0.6 is 15.9 Å². The van der Waals surface area contributed by atoms with Gasteiger partial charge in [-0.25, -0.2) is 0 Å². The van der Waals surface area contributed by atoms with E-state index in [4.69, 9.17) is 10.5 Å². The monoisotopic (exact) mass is 351 g/mol. The number of nitrogens with one attached hydrogen (secondary N) is 1. The summed E-state index contributed by atoms with van der Waals surface area (Å²) < 4.78 is 6.47. The minimum absolute atomic E-state index is 0.307. The van der Waals surface area contributed by atoms with Crippen LogP contribution < -0.4 is 11.1 Å². The van der Waals surface area contributed by atoms with E-state index in [0.717, 1.165) is 52.7 Å². The zero-order chi connectivity index (χ0) is 15.2. The third-order valence-electron chi connectivity index (χ3n) is 3.19. The van der Waals surface area contributed by atoms with Crippen LogP contribution in [-0.2, 0) is 4.74 Å². The quantitative estimate of drug-likeness (QED) is 0.579. The number of hydrogen-bond acceptors (Lipinski definition) is 4. The number of nitrogens with two attached hydrogens (primary N) is 1. The summed E-state index contributed by atoms with van der Waals surface area (Å²) in [5.74, 6) is 0. The Balaban J connectivity index is 1.95. The number of hydrogen-bond donors (Lipinski definition) is 2. The maximum Gasteiger partial charge on any atom is 0.0954 e. The van der Waals surface area contributed by atoms with Crippen LogP contribution in [0, 0.1) is 0 Å². The molecular weight excluding hydrogens is 330 g/mol. The number of aromatic nitrogens is 1. The molecule has 0 saturated heterocycles. The molecule has 0 aliphatic heterocycles. The summed E-state index contributed by atoms with van der Waals surface area (Å²) in [6.45, 7) is 5.83. The van der Waals surface area contributed by atoms with Crippen molar-refractivity contribution in [1.82, 2.24) is 4.98 Å². The number of nitrogen functional groups attached to an aromatic ring is 1. The van der Waals surface area contributed by atoms with E-state index in [9.17, 15) is 0 Å². The van der Waals surface area contributed by atoms with Crippen molar-refractivity contribution in [1.29, 1.82) is 0 Å². The minimum atomic E-state index is 0.307. The van der Waals surface area contributed by atoms with Gasteiger partial charge in [0.15, 0.2) is 0 Å². The Kier molecular flexibility index (Phi) is 5.82. The molecule has 114 valence electrons. The first-order chi connectivity index (χ1) is 10.1. The van der Waals surface area contributed by atoms with Crippen LogP contribution in [0.3, 0.4) is 0 Å². The van der Waals surface area contributed by atoms with Gasteiger partial charge in [0.2, 0.25) is 0 Å². The lowest BCUT2D eigenvalue weighted by Crippen LogP contribution is -2.07. The third-order valence-corrected chi connectivity index (χ3v) is 3.62. The summed E-state index contributed by atoms with van der Waals surface area (Å²) in [6.07, 6.45) is 4.22. The van der Waals surface area contributed by atoms with Gasteiger partial charge in [-0.2, -0.15) is 0 Å². The second-order valence-electron chi connectivity index (χ2n) is 5.31. The van der Waals surface area contributed by atoms with Gasteiger partial charge in [0.05, 0.1) is 17.3 Å². The van der Waals surface area contributed by atoms with E-state index in [2.05, 4.69) is 40.1 Å². The van der Waals surface area contributed by atoms with Gasteiger partial charge >= 0.3 is 0 Å². The number of anilines is 2. The molecule has 0 spiro atoms. The molecule has 0 fully saturated rings. The molecule has 3 N–H and O–H groups in total. The number of rotatable bonds is 7. The fourth-order valence-electron chi connectivity index (χ4n) is 2.13. The van der Waals surface area contributed by atoms with Crippen molar-refractivity contribution in [3.8, 4) is 0 Å². The van der Waals surface area contributed by atoms with E-state index in [0.29, 0.717) is 6.10 Å². The van der Waals surface area contributed by atoms with Crippen LogP contribution in [-0.4, -0.2) is 24.2 Å². The number of fused-ring (bicyclic) bond motifs is 1. The average Bonchev–Trinajstić information content (AvgIpc) is 2.45. The zero-order valence-corrected chi connectivity index (χ0v) is 14.1. The summed E-state index contributed by atoms with van der Waals surface area (Å²) in [5, 5.41) is 4.40. The van der Waals surface area contributed by atoms with E-state index in [1.54, 1.807) is 6.20 Å². The largest absolute Gasteiger partial charge is 0.398 e. The second-order valence-corrected chi connectivity index (χ2v) is 6.22. The molecule has 1 heterocycles. The van der Waals surface area contributed by atoms with Crippen LogP contribution in [0.2, 0.25) is 0 Å². The van der Waals surface area contributed by atoms with Crippen molar-refractivity contribution in [2.45, 2.75) is 32.8 Å². The first-order valence-electron chi connectivity index (χ1n) is 7.27. The summed E-state index contributed by atoms with van der Waals surface area (Å²) in [7, 11) is 0. The molecule has 0 radical (unpaired) electrons. The Morgan fingerprint density at radius 1 is 1.33 bits per heavy atom. The first-order valence-corrected chi connectivity index (χ1v) is 8.06. The second kappa shape index (κ2) is 7.61. The number of benzene rings is 1. The SMILES string of the molecule is CC(C)OCCCCNc1ccc(N)c2cc(Br)cnc12. The summed E-state index contributed by atoms with van der Waals surface area (Å²) in [4.78, 5) is 4.47. The Morgan fingerprint density at radius 3 is 2.90 bits per heavy atom. The molecule has 4 nitrogen and oxygen atoms in total. The van der Waals surface area contributed by atoms with Crippen LogP contribution in [0.25, 0.3) is 10.9 Å². The molecule has 2 rings (SSSR count). The molecule has 0 amide bonds. The molecule has 1 aromatic carbocycles. The molecule has 1 aromatic heterocycles. The predicted molar refractivity (Wildman–Crippen MR) is 92.7 cm³/mol. The molecule has 0 aliphatic rings. The Bertz CT molecular complexity index is 601. The fourth-order valence-corrected chi connectivity index (χ4v) is 2.46. The summed E-state index contributed by atoms with van der Waals surface area (Å²) in [6, 6.07) is 5.91. The Hall–Kier alpha value is -1.33. The van der Waals surface area contributed by atoms with Crippen LogP contribution in [0.4, 0.5) is 11.4 Å². The molecule has 0 atom stereocenters. The van der Waals surface area contributed by atoms with E-state index in [-0.39, 0.29) is 0 Å². The predicted octanol–water partition coefficient (Wildman–Crippen LogP) is 4.20.